The molecule has 1 aromatic rings. The van der Waals surface area contributed by atoms with E-state index >= 15 is 0 Å². The first-order chi connectivity index (χ1) is 6.16. The van der Waals surface area contributed by atoms with Crippen LogP contribution in [0.2, 0.25) is 5.02 Å². The quantitative estimate of drug-likeness (QED) is 0.760. The second-order valence-electron chi connectivity index (χ2n) is 2.27. The van der Waals surface area contributed by atoms with Crippen LogP contribution in [0.3, 0.4) is 0 Å². The molecule has 0 atom stereocenters. The van der Waals surface area contributed by atoms with E-state index in [1.165, 1.54) is 12.4 Å². The summed E-state index contributed by atoms with van der Waals surface area (Å²) < 4.78 is 29.8. The smallest absolute Gasteiger partial charge is 0.268 e. The Labute approximate surface area is 79.5 Å². The van der Waals surface area contributed by atoms with Crippen LogP contribution in [-0.2, 0) is 0 Å². The first-order valence-corrected chi connectivity index (χ1v) is 4.09. The molecule has 0 amide bonds. The summed E-state index contributed by atoms with van der Waals surface area (Å²) in [5.41, 5.74) is -0.293. The number of rotatable bonds is 3. The Morgan fingerprint density at radius 3 is 2.77 bits per heavy atom. The highest BCUT2D eigenvalue weighted by atomic mass is 35.5. The van der Waals surface area contributed by atoms with Gasteiger partial charge in [-0.3, -0.25) is 4.98 Å². The molecule has 0 aromatic carbocycles. The Balaban J connectivity index is 3.10. The van der Waals surface area contributed by atoms with E-state index in [2.05, 4.69) is 4.98 Å². The van der Waals surface area contributed by atoms with Gasteiger partial charge in [-0.25, -0.2) is 8.78 Å². The minimum Gasteiger partial charge on any atom is -0.492 e. The lowest BCUT2D eigenvalue weighted by atomic mass is 10.2. The van der Waals surface area contributed by atoms with Crippen LogP contribution in [0, 0.1) is 0 Å². The Hall–Kier alpha value is -0.900. The molecule has 0 spiro atoms. The molecular formula is C8H8ClF2NO. The third kappa shape index (κ3) is 2.28. The van der Waals surface area contributed by atoms with Crippen LogP contribution in [0.5, 0.6) is 5.75 Å². The average Bonchev–Trinajstić information content (AvgIpc) is 2.04. The lowest BCUT2D eigenvalue weighted by Crippen LogP contribution is -1.98. The zero-order valence-electron chi connectivity index (χ0n) is 6.93. The van der Waals surface area contributed by atoms with Crippen molar-refractivity contribution in [2.45, 2.75) is 13.3 Å². The summed E-state index contributed by atoms with van der Waals surface area (Å²) in [6, 6.07) is 0. The van der Waals surface area contributed by atoms with Gasteiger partial charge < -0.3 is 4.74 Å². The SMILES string of the molecule is CCOc1cncc(Cl)c1C(F)F. The molecule has 0 saturated carbocycles. The number of halogens is 3. The summed E-state index contributed by atoms with van der Waals surface area (Å²) >= 11 is 5.54. The van der Waals surface area contributed by atoms with Crippen LogP contribution in [-0.4, -0.2) is 11.6 Å². The van der Waals surface area contributed by atoms with Crippen molar-refractivity contribution in [2.24, 2.45) is 0 Å². The number of ether oxygens (including phenoxy) is 1. The van der Waals surface area contributed by atoms with Crippen molar-refractivity contribution >= 4 is 11.6 Å². The van der Waals surface area contributed by atoms with Crippen LogP contribution >= 0.6 is 11.6 Å². The third-order valence-electron chi connectivity index (χ3n) is 1.42. The molecule has 0 unspecified atom stereocenters. The molecule has 1 heterocycles. The molecule has 5 heteroatoms. The number of pyridine rings is 1. The van der Waals surface area contributed by atoms with Crippen molar-refractivity contribution in [1.29, 1.82) is 0 Å². The fraction of sp³-hybridized carbons (Fsp3) is 0.375. The Bertz CT molecular complexity index is 293. The van der Waals surface area contributed by atoms with Gasteiger partial charge >= 0.3 is 0 Å². The minimum atomic E-state index is -2.64. The van der Waals surface area contributed by atoms with Gasteiger partial charge in [0.25, 0.3) is 6.43 Å². The molecule has 0 N–H and O–H groups in total. The number of hydrogen-bond donors (Lipinski definition) is 0. The van der Waals surface area contributed by atoms with Gasteiger partial charge in [-0.2, -0.15) is 0 Å². The summed E-state index contributed by atoms with van der Waals surface area (Å²) in [6.45, 7) is 2.01. The number of alkyl halides is 2. The van der Waals surface area contributed by atoms with E-state index in [0.29, 0.717) is 6.61 Å². The number of aromatic nitrogens is 1. The van der Waals surface area contributed by atoms with E-state index < -0.39 is 6.43 Å². The first kappa shape index (κ1) is 10.2. The fourth-order valence-corrected chi connectivity index (χ4v) is 1.14. The van der Waals surface area contributed by atoms with Gasteiger partial charge in [0.05, 0.1) is 23.4 Å². The second kappa shape index (κ2) is 4.37. The molecule has 72 valence electrons. The Morgan fingerprint density at radius 2 is 2.23 bits per heavy atom. The lowest BCUT2D eigenvalue weighted by Gasteiger charge is -2.09. The molecule has 0 aliphatic carbocycles. The van der Waals surface area contributed by atoms with E-state index in [9.17, 15) is 8.78 Å². The zero-order chi connectivity index (χ0) is 9.84. The summed E-state index contributed by atoms with van der Waals surface area (Å²) in [7, 11) is 0. The van der Waals surface area contributed by atoms with Crippen molar-refractivity contribution in [1.82, 2.24) is 4.98 Å². The summed E-state index contributed by atoms with van der Waals surface area (Å²) in [5, 5.41) is -0.0686. The molecule has 1 aromatic heterocycles. The summed E-state index contributed by atoms with van der Waals surface area (Å²) in [5.74, 6) is 0.0463. The molecule has 2 nitrogen and oxygen atoms in total. The average molecular weight is 208 g/mol. The van der Waals surface area contributed by atoms with Crippen LogP contribution in [0.4, 0.5) is 8.78 Å². The topological polar surface area (TPSA) is 22.1 Å². The Kier molecular flexibility index (Phi) is 3.42. The highest BCUT2D eigenvalue weighted by Gasteiger charge is 2.18. The van der Waals surface area contributed by atoms with Crippen LogP contribution in [0.15, 0.2) is 12.4 Å². The van der Waals surface area contributed by atoms with Crippen molar-refractivity contribution in [3.05, 3.63) is 23.0 Å². The molecule has 0 fully saturated rings. The maximum Gasteiger partial charge on any atom is 0.268 e. The molecule has 0 radical (unpaired) electrons. The van der Waals surface area contributed by atoms with E-state index in [-0.39, 0.29) is 16.3 Å². The predicted molar refractivity (Wildman–Crippen MR) is 45.4 cm³/mol. The van der Waals surface area contributed by atoms with Gasteiger partial charge in [0.1, 0.15) is 5.75 Å². The number of nitrogens with zero attached hydrogens (tertiary/aromatic N) is 1. The van der Waals surface area contributed by atoms with Crippen molar-refractivity contribution in [3.63, 3.8) is 0 Å². The van der Waals surface area contributed by atoms with Gasteiger partial charge in [-0.05, 0) is 6.92 Å². The van der Waals surface area contributed by atoms with Crippen LogP contribution < -0.4 is 4.74 Å². The summed E-state index contributed by atoms with van der Waals surface area (Å²) in [4.78, 5) is 3.66. The summed E-state index contributed by atoms with van der Waals surface area (Å²) in [6.07, 6.45) is -0.236. The van der Waals surface area contributed by atoms with Gasteiger partial charge in [0, 0.05) is 6.20 Å². The van der Waals surface area contributed by atoms with Gasteiger partial charge in [0.2, 0.25) is 0 Å². The molecule has 0 saturated heterocycles. The maximum atomic E-state index is 12.4. The van der Waals surface area contributed by atoms with Gasteiger partial charge in [-0.15, -0.1) is 0 Å². The van der Waals surface area contributed by atoms with Crippen molar-refractivity contribution < 1.29 is 13.5 Å². The van der Waals surface area contributed by atoms with Crippen LogP contribution in [0.1, 0.15) is 18.9 Å². The molecule has 0 bridgehead atoms. The predicted octanol–water partition coefficient (Wildman–Crippen LogP) is 3.07. The van der Waals surface area contributed by atoms with Gasteiger partial charge in [-0.1, -0.05) is 11.6 Å². The molecule has 13 heavy (non-hydrogen) atoms. The second-order valence-corrected chi connectivity index (χ2v) is 2.67. The minimum absolute atomic E-state index is 0.0463. The molecular weight excluding hydrogens is 200 g/mol. The van der Waals surface area contributed by atoms with Crippen molar-refractivity contribution in [3.8, 4) is 5.75 Å². The molecule has 0 aliphatic rings. The normalized spacial score (nSPS) is 10.5. The Morgan fingerprint density at radius 1 is 1.54 bits per heavy atom. The maximum absolute atomic E-state index is 12.4. The molecule has 0 aliphatic heterocycles. The largest absolute Gasteiger partial charge is 0.492 e. The highest BCUT2D eigenvalue weighted by molar-refractivity contribution is 6.31. The monoisotopic (exact) mass is 207 g/mol. The zero-order valence-corrected chi connectivity index (χ0v) is 7.68. The van der Waals surface area contributed by atoms with E-state index in [1.54, 1.807) is 6.92 Å². The van der Waals surface area contributed by atoms with Crippen LogP contribution in [0.25, 0.3) is 0 Å². The standard InChI is InChI=1S/C8H8ClF2NO/c1-2-13-6-4-12-3-5(9)7(6)8(10)11/h3-4,8H,2H2,1H3. The lowest BCUT2D eigenvalue weighted by molar-refractivity contribution is 0.145. The fourth-order valence-electron chi connectivity index (χ4n) is 0.909. The first-order valence-electron chi connectivity index (χ1n) is 3.71. The molecule has 1 rings (SSSR count). The van der Waals surface area contributed by atoms with E-state index in [1.807, 2.05) is 0 Å². The third-order valence-corrected chi connectivity index (χ3v) is 1.72. The van der Waals surface area contributed by atoms with Crippen molar-refractivity contribution in [2.75, 3.05) is 6.61 Å². The number of hydrogen-bond acceptors (Lipinski definition) is 2. The van der Waals surface area contributed by atoms with E-state index in [0.717, 1.165) is 0 Å². The van der Waals surface area contributed by atoms with Gasteiger partial charge in [0.15, 0.2) is 0 Å². The van der Waals surface area contributed by atoms with E-state index in [4.69, 9.17) is 16.3 Å². The highest BCUT2D eigenvalue weighted by Crippen LogP contribution is 2.33.